The Balaban J connectivity index is 3.30. The average Bonchev–Trinajstić information content (AvgIpc) is 2.20. The van der Waals surface area contributed by atoms with Gasteiger partial charge in [0.2, 0.25) is 0 Å². The van der Waals surface area contributed by atoms with E-state index in [0.717, 1.165) is 0 Å². The van der Waals surface area contributed by atoms with Crippen LogP contribution in [0.15, 0.2) is 12.1 Å². The Morgan fingerprint density at radius 1 is 1.60 bits per heavy atom. The molecule has 0 bridgehead atoms. The van der Waals surface area contributed by atoms with Crippen LogP contribution < -0.4 is 0 Å². The molecule has 0 aromatic heterocycles. The van der Waals surface area contributed by atoms with E-state index in [4.69, 9.17) is 10.4 Å². The lowest BCUT2D eigenvalue weighted by Gasteiger charge is -2.06. The number of nitriles is 1. The van der Waals surface area contributed by atoms with Crippen molar-refractivity contribution in [3.63, 3.8) is 0 Å². The monoisotopic (exact) mass is 203 g/mol. The average molecular weight is 203 g/mol. The molecule has 0 atom stereocenters. The zero-order valence-corrected chi connectivity index (χ0v) is 8.15. The molecule has 4 nitrogen and oxygen atoms in total. The molecule has 76 valence electrons. The second-order valence-corrected chi connectivity index (χ2v) is 3.11. The quantitative estimate of drug-likeness (QED) is 0.751. The van der Waals surface area contributed by atoms with Gasteiger partial charge in [-0.1, -0.05) is 12.1 Å². The van der Waals surface area contributed by atoms with Crippen molar-refractivity contribution >= 4 is 12.3 Å². The van der Waals surface area contributed by atoms with Gasteiger partial charge in [-0.3, -0.25) is 9.59 Å². The molecule has 0 saturated heterocycles. The Morgan fingerprint density at radius 2 is 2.27 bits per heavy atom. The fourth-order valence-corrected chi connectivity index (χ4v) is 1.38. The van der Waals surface area contributed by atoms with Crippen molar-refractivity contribution in [2.24, 2.45) is 0 Å². The highest BCUT2D eigenvalue weighted by Gasteiger charge is 2.11. The van der Waals surface area contributed by atoms with E-state index in [-0.39, 0.29) is 12.0 Å². The predicted molar refractivity (Wildman–Crippen MR) is 52.6 cm³/mol. The van der Waals surface area contributed by atoms with Gasteiger partial charge in [0.25, 0.3) is 0 Å². The van der Waals surface area contributed by atoms with Gasteiger partial charge in [-0.15, -0.1) is 0 Å². The van der Waals surface area contributed by atoms with Crippen LogP contribution in [-0.4, -0.2) is 17.4 Å². The maximum atomic E-state index is 10.6. The summed E-state index contributed by atoms with van der Waals surface area (Å²) < 4.78 is 0. The molecule has 1 N–H and O–H groups in total. The van der Waals surface area contributed by atoms with Crippen molar-refractivity contribution in [1.82, 2.24) is 0 Å². The third-order valence-corrected chi connectivity index (χ3v) is 2.19. The third-order valence-electron chi connectivity index (χ3n) is 2.19. The first kappa shape index (κ1) is 10.9. The molecule has 15 heavy (non-hydrogen) atoms. The number of hydrogen-bond donors (Lipinski definition) is 1. The highest BCUT2D eigenvalue weighted by molar-refractivity contribution is 5.81. The molecule has 0 aliphatic rings. The molecule has 4 heteroatoms. The van der Waals surface area contributed by atoms with E-state index >= 15 is 0 Å². The van der Waals surface area contributed by atoms with Crippen LogP contribution in [0, 0.1) is 18.3 Å². The summed E-state index contributed by atoms with van der Waals surface area (Å²) in [5.41, 5.74) is 1.67. The van der Waals surface area contributed by atoms with Crippen LogP contribution in [0.1, 0.15) is 27.0 Å². The molecule has 0 heterocycles. The summed E-state index contributed by atoms with van der Waals surface area (Å²) in [5.74, 6) is -0.958. The number of carbonyl (C=O) groups is 2. The number of hydrogen-bond acceptors (Lipinski definition) is 3. The van der Waals surface area contributed by atoms with E-state index in [1.165, 1.54) is 6.07 Å². The summed E-state index contributed by atoms with van der Waals surface area (Å²) in [6.07, 6.45) is 0.454. The highest BCUT2D eigenvalue weighted by atomic mass is 16.4. The van der Waals surface area contributed by atoms with Gasteiger partial charge in [0.05, 0.1) is 12.0 Å². The lowest BCUT2D eigenvalue weighted by atomic mass is 9.96. The summed E-state index contributed by atoms with van der Waals surface area (Å²) in [4.78, 5) is 21.1. The zero-order chi connectivity index (χ0) is 11.4. The number of carbonyl (C=O) groups excluding carboxylic acids is 1. The smallest absolute Gasteiger partial charge is 0.307 e. The molecule has 0 fully saturated rings. The number of carboxylic acids is 1. The summed E-state index contributed by atoms with van der Waals surface area (Å²) >= 11 is 0. The normalized spacial score (nSPS) is 9.33. The fraction of sp³-hybridized carbons (Fsp3) is 0.182. The Labute approximate surface area is 86.8 Å². The molecule has 1 aromatic carbocycles. The largest absolute Gasteiger partial charge is 0.481 e. The molecule has 0 saturated carbocycles. The van der Waals surface area contributed by atoms with E-state index in [2.05, 4.69) is 0 Å². The molecular weight excluding hydrogens is 194 g/mol. The molecule has 1 rings (SSSR count). The van der Waals surface area contributed by atoms with Crippen LogP contribution in [0.3, 0.4) is 0 Å². The van der Waals surface area contributed by atoms with Crippen LogP contribution in [0.25, 0.3) is 0 Å². The minimum atomic E-state index is -0.958. The van der Waals surface area contributed by atoms with Gasteiger partial charge in [0.15, 0.2) is 6.29 Å². The van der Waals surface area contributed by atoms with Crippen molar-refractivity contribution in [2.75, 3.05) is 0 Å². The van der Waals surface area contributed by atoms with E-state index in [1.807, 2.05) is 6.07 Å². The van der Waals surface area contributed by atoms with E-state index < -0.39 is 5.97 Å². The number of aldehydes is 1. The highest BCUT2D eigenvalue weighted by Crippen LogP contribution is 2.17. The van der Waals surface area contributed by atoms with E-state index in [9.17, 15) is 9.59 Å². The number of carboxylic acid groups (broad SMARTS) is 1. The van der Waals surface area contributed by atoms with Crippen LogP contribution in [0.2, 0.25) is 0 Å². The van der Waals surface area contributed by atoms with E-state index in [1.54, 1.807) is 13.0 Å². The van der Waals surface area contributed by atoms with Gasteiger partial charge >= 0.3 is 5.97 Å². The second-order valence-electron chi connectivity index (χ2n) is 3.11. The van der Waals surface area contributed by atoms with Gasteiger partial charge < -0.3 is 5.11 Å². The fourth-order valence-electron chi connectivity index (χ4n) is 1.38. The molecule has 0 spiro atoms. The molecule has 0 unspecified atom stereocenters. The Bertz CT molecular complexity index is 458. The summed E-state index contributed by atoms with van der Waals surface area (Å²) in [6.45, 7) is 1.64. The summed E-state index contributed by atoms with van der Waals surface area (Å²) in [5, 5.41) is 17.5. The van der Waals surface area contributed by atoms with Gasteiger partial charge in [-0.05, 0) is 18.1 Å². The SMILES string of the molecule is Cc1c(CC(=O)O)ccc(C=O)c1C#N. The predicted octanol–water partition coefficient (Wildman–Crippen LogP) is 1.31. The Morgan fingerprint density at radius 3 is 2.73 bits per heavy atom. The Kier molecular flexibility index (Phi) is 3.19. The maximum absolute atomic E-state index is 10.6. The lowest BCUT2D eigenvalue weighted by Crippen LogP contribution is -2.04. The van der Waals surface area contributed by atoms with E-state index in [0.29, 0.717) is 23.0 Å². The van der Waals surface area contributed by atoms with Crippen molar-refractivity contribution in [2.45, 2.75) is 13.3 Å². The minimum absolute atomic E-state index is 0.139. The molecule has 0 amide bonds. The first-order valence-corrected chi connectivity index (χ1v) is 4.29. The molecule has 0 radical (unpaired) electrons. The third kappa shape index (κ3) is 2.20. The van der Waals surface area contributed by atoms with Crippen molar-refractivity contribution in [1.29, 1.82) is 5.26 Å². The minimum Gasteiger partial charge on any atom is -0.481 e. The first-order valence-electron chi connectivity index (χ1n) is 4.29. The Hall–Kier alpha value is -2.15. The van der Waals surface area contributed by atoms with Crippen LogP contribution in [0.5, 0.6) is 0 Å². The van der Waals surface area contributed by atoms with Crippen molar-refractivity contribution < 1.29 is 14.7 Å². The van der Waals surface area contributed by atoms with Gasteiger partial charge in [0.1, 0.15) is 6.07 Å². The topological polar surface area (TPSA) is 78.2 Å². The first-order chi connectivity index (χ1) is 7.10. The standard InChI is InChI=1S/C11H9NO3/c1-7-8(4-11(14)15)2-3-9(6-13)10(7)5-12/h2-3,6H,4H2,1H3,(H,14,15). The zero-order valence-electron chi connectivity index (χ0n) is 8.15. The number of nitrogens with zero attached hydrogens (tertiary/aromatic N) is 1. The number of aliphatic carboxylic acids is 1. The molecule has 0 aliphatic carbocycles. The maximum Gasteiger partial charge on any atom is 0.307 e. The van der Waals surface area contributed by atoms with Crippen molar-refractivity contribution in [3.8, 4) is 6.07 Å². The van der Waals surface area contributed by atoms with Crippen molar-refractivity contribution in [3.05, 3.63) is 34.4 Å². The lowest BCUT2D eigenvalue weighted by molar-refractivity contribution is -0.136. The van der Waals surface area contributed by atoms with Gasteiger partial charge in [0, 0.05) is 5.56 Å². The van der Waals surface area contributed by atoms with Gasteiger partial charge in [-0.25, -0.2) is 0 Å². The molecule has 1 aromatic rings. The van der Waals surface area contributed by atoms with Crippen LogP contribution >= 0.6 is 0 Å². The van der Waals surface area contributed by atoms with Crippen LogP contribution in [-0.2, 0) is 11.2 Å². The molecule has 0 aliphatic heterocycles. The second kappa shape index (κ2) is 4.38. The number of rotatable bonds is 3. The molecular formula is C11H9NO3. The van der Waals surface area contributed by atoms with Gasteiger partial charge in [-0.2, -0.15) is 5.26 Å². The summed E-state index contributed by atoms with van der Waals surface area (Å²) in [7, 11) is 0. The number of benzene rings is 1. The van der Waals surface area contributed by atoms with Crippen LogP contribution in [0.4, 0.5) is 0 Å². The summed E-state index contributed by atoms with van der Waals surface area (Å²) in [6, 6.07) is 4.94.